The number of rotatable bonds is 5. The summed E-state index contributed by atoms with van der Waals surface area (Å²) in [4.78, 5) is 21.3. The number of carboxylic acids is 1. The Labute approximate surface area is 91.5 Å². The van der Waals surface area contributed by atoms with Gasteiger partial charge in [0.25, 0.3) is 0 Å². The summed E-state index contributed by atoms with van der Waals surface area (Å²) in [7, 11) is 0. The van der Waals surface area contributed by atoms with E-state index in [-0.39, 0.29) is 12.4 Å². The average Bonchev–Trinajstić information content (AvgIpc) is 2.16. The van der Waals surface area contributed by atoms with Crippen LogP contribution in [0.2, 0.25) is 0 Å². The van der Waals surface area contributed by atoms with E-state index in [4.69, 9.17) is 10.2 Å². The summed E-state index contributed by atoms with van der Waals surface area (Å²) in [5.74, 6) is -1.58. The summed E-state index contributed by atoms with van der Waals surface area (Å²) in [6.45, 7) is -0.866. The molecule has 0 fully saturated rings. The molecule has 0 aromatic heterocycles. The Morgan fingerprint density at radius 1 is 1.31 bits per heavy atom. The van der Waals surface area contributed by atoms with Gasteiger partial charge in [0.1, 0.15) is 19.0 Å². The molecular weight excluding hydrogens is 214 g/mol. The van der Waals surface area contributed by atoms with E-state index in [0.717, 1.165) is 0 Å². The van der Waals surface area contributed by atoms with Crippen molar-refractivity contribution < 1.29 is 24.5 Å². The van der Waals surface area contributed by atoms with Gasteiger partial charge in [0, 0.05) is 11.8 Å². The number of aromatic hydroxyl groups is 1. The number of hydrogen-bond donors (Lipinski definition) is 3. The monoisotopic (exact) mass is 225 g/mol. The molecule has 16 heavy (non-hydrogen) atoms. The Morgan fingerprint density at radius 3 is 2.69 bits per heavy atom. The summed E-state index contributed by atoms with van der Waals surface area (Å²) < 4.78 is 4.59. The third kappa shape index (κ3) is 4.43. The molecule has 1 aromatic carbocycles. The number of phenolic OH excluding ortho intramolecular Hbond substituents is 1. The first kappa shape index (κ1) is 12.0. The number of benzene rings is 1. The zero-order chi connectivity index (χ0) is 12.0. The smallest absolute Gasteiger partial charge is 0.329 e. The van der Waals surface area contributed by atoms with Crippen LogP contribution in [-0.4, -0.2) is 35.3 Å². The van der Waals surface area contributed by atoms with E-state index < -0.39 is 18.5 Å². The summed E-state index contributed by atoms with van der Waals surface area (Å²) in [5, 5.41) is 19.8. The number of amides is 1. The zero-order valence-corrected chi connectivity index (χ0v) is 8.34. The average molecular weight is 225 g/mol. The van der Waals surface area contributed by atoms with Crippen molar-refractivity contribution in [2.45, 2.75) is 0 Å². The molecular formula is C10H11NO5. The lowest BCUT2D eigenvalue weighted by Gasteiger charge is -2.05. The molecule has 0 heterocycles. The Hall–Kier alpha value is -2.08. The number of hydrogen-bond acceptors (Lipinski definition) is 4. The van der Waals surface area contributed by atoms with Gasteiger partial charge >= 0.3 is 5.97 Å². The maximum atomic E-state index is 11.2. The molecule has 0 bridgehead atoms. The van der Waals surface area contributed by atoms with Crippen molar-refractivity contribution in [3.63, 3.8) is 0 Å². The number of nitrogens with one attached hydrogen (secondary N) is 1. The number of carbonyl (C=O) groups excluding carboxylic acids is 1. The molecule has 0 saturated heterocycles. The van der Waals surface area contributed by atoms with Crippen molar-refractivity contribution in [3.8, 4) is 5.75 Å². The molecule has 0 radical (unpaired) electrons. The second kappa shape index (κ2) is 5.72. The van der Waals surface area contributed by atoms with Crippen LogP contribution < -0.4 is 5.32 Å². The van der Waals surface area contributed by atoms with Gasteiger partial charge in [-0.1, -0.05) is 6.07 Å². The minimum atomic E-state index is -1.13. The number of carboxylic acid groups (broad SMARTS) is 1. The lowest BCUT2D eigenvalue weighted by Crippen LogP contribution is -2.20. The van der Waals surface area contributed by atoms with Crippen molar-refractivity contribution in [3.05, 3.63) is 24.3 Å². The topological polar surface area (TPSA) is 95.9 Å². The highest BCUT2D eigenvalue weighted by Gasteiger charge is 2.04. The number of anilines is 1. The number of phenols is 1. The van der Waals surface area contributed by atoms with Crippen LogP contribution in [0.3, 0.4) is 0 Å². The summed E-state index contributed by atoms with van der Waals surface area (Å²) in [6, 6.07) is 6.00. The van der Waals surface area contributed by atoms with Gasteiger partial charge in [-0.05, 0) is 12.1 Å². The van der Waals surface area contributed by atoms with Crippen LogP contribution in [0.5, 0.6) is 5.75 Å². The molecule has 0 saturated carbocycles. The molecule has 1 aromatic rings. The van der Waals surface area contributed by atoms with Crippen LogP contribution in [-0.2, 0) is 14.3 Å². The van der Waals surface area contributed by atoms with E-state index in [9.17, 15) is 9.59 Å². The van der Waals surface area contributed by atoms with Gasteiger partial charge in [-0.25, -0.2) is 4.79 Å². The van der Waals surface area contributed by atoms with Gasteiger partial charge in [0.05, 0.1) is 0 Å². The minimum absolute atomic E-state index is 0.0317. The van der Waals surface area contributed by atoms with Crippen LogP contribution in [0.4, 0.5) is 5.69 Å². The van der Waals surface area contributed by atoms with Gasteiger partial charge in [-0.2, -0.15) is 0 Å². The van der Waals surface area contributed by atoms with Gasteiger partial charge < -0.3 is 20.3 Å². The lowest BCUT2D eigenvalue weighted by atomic mass is 10.3. The molecule has 3 N–H and O–H groups in total. The second-order valence-electron chi connectivity index (χ2n) is 2.99. The van der Waals surface area contributed by atoms with Crippen molar-refractivity contribution in [2.75, 3.05) is 18.5 Å². The Morgan fingerprint density at radius 2 is 2.06 bits per heavy atom. The Balaban J connectivity index is 2.37. The molecule has 0 aliphatic rings. The molecule has 6 nitrogen and oxygen atoms in total. The molecule has 0 aliphatic heterocycles. The minimum Gasteiger partial charge on any atom is -0.508 e. The predicted octanol–water partition coefficient (Wildman–Crippen LogP) is 0.432. The molecule has 1 amide bonds. The first-order valence-corrected chi connectivity index (χ1v) is 4.46. The fourth-order valence-electron chi connectivity index (χ4n) is 1.01. The zero-order valence-electron chi connectivity index (χ0n) is 8.34. The van der Waals surface area contributed by atoms with Crippen LogP contribution in [0.15, 0.2) is 24.3 Å². The molecule has 0 unspecified atom stereocenters. The standard InChI is InChI=1S/C10H11NO5/c12-8-3-1-2-7(4-8)11-9(13)5-16-6-10(14)15/h1-4,12H,5-6H2,(H,11,13)(H,14,15). The summed E-state index contributed by atoms with van der Waals surface area (Å²) in [5.41, 5.74) is 0.420. The molecule has 0 atom stereocenters. The lowest BCUT2D eigenvalue weighted by molar-refractivity contribution is -0.143. The maximum absolute atomic E-state index is 11.2. The van der Waals surface area contributed by atoms with E-state index in [1.165, 1.54) is 12.1 Å². The van der Waals surface area contributed by atoms with Crippen LogP contribution >= 0.6 is 0 Å². The molecule has 1 rings (SSSR count). The highest BCUT2D eigenvalue weighted by Crippen LogP contribution is 2.14. The van der Waals surface area contributed by atoms with Crippen molar-refractivity contribution in [2.24, 2.45) is 0 Å². The summed E-state index contributed by atoms with van der Waals surface area (Å²) >= 11 is 0. The van der Waals surface area contributed by atoms with E-state index in [2.05, 4.69) is 10.1 Å². The summed E-state index contributed by atoms with van der Waals surface area (Å²) in [6.07, 6.45) is 0. The first-order valence-electron chi connectivity index (χ1n) is 4.46. The van der Waals surface area contributed by atoms with E-state index in [1.807, 2.05) is 0 Å². The van der Waals surface area contributed by atoms with Crippen molar-refractivity contribution in [1.82, 2.24) is 0 Å². The van der Waals surface area contributed by atoms with E-state index >= 15 is 0 Å². The van der Waals surface area contributed by atoms with Crippen LogP contribution in [0.25, 0.3) is 0 Å². The number of aliphatic carboxylic acids is 1. The third-order valence-corrected chi connectivity index (χ3v) is 1.59. The van der Waals surface area contributed by atoms with Crippen LogP contribution in [0, 0.1) is 0 Å². The quantitative estimate of drug-likeness (QED) is 0.675. The molecule has 0 spiro atoms. The number of ether oxygens (including phenoxy) is 1. The molecule has 6 heteroatoms. The first-order chi connectivity index (χ1) is 7.58. The second-order valence-corrected chi connectivity index (χ2v) is 2.99. The highest BCUT2D eigenvalue weighted by molar-refractivity contribution is 5.91. The number of carbonyl (C=O) groups is 2. The molecule has 86 valence electrons. The van der Waals surface area contributed by atoms with Crippen molar-refractivity contribution in [1.29, 1.82) is 0 Å². The van der Waals surface area contributed by atoms with Gasteiger partial charge in [-0.15, -0.1) is 0 Å². The van der Waals surface area contributed by atoms with Gasteiger partial charge in [0.15, 0.2) is 0 Å². The third-order valence-electron chi connectivity index (χ3n) is 1.59. The largest absolute Gasteiger partial charge is 0.508 e. The SMILES string of the molecule is O=C(O)COCC(=O)Nc1cccc(O)c1. The fraction of sp³-hybridized carbons (Fsp3) is 0.200. The maximum Gasteiger partial charge on any atom is 0.329 e. The van der Waals surface area contributed by atoms with Crippen molar-refractivity contribution >= 4 is 17.6 Å². The normalized spacial score (nSPS) is 9.75. The molecule has 0 aliphatic carbocycles. The fourth-order valence-corrected chi connectivity index (χ4v) is 1.01. The van der Waals surface area contributed by atoms with Gasteiger partial charge in [0.2, 0.25) is 5.91 Å². The predicted molar refractivity (Wildman–Crippen MR) is 55.2 cm³/mol. The van der Waals surface area contributed by atoms with E-state index in [0.29, 0.717) is 5.69 Å². The Bertz CT molecular complexity index is 391. The Kier molecular flexibility index (Phi) is 4.28. The van der Waals surface area contributed by atoms with Gasteiger partial charge in [-0.3, -0.25) is 4.79 Å². The highest BCUT2D eigenvalue weighted by atomic mass is 16.5. The van der Waals surface area contributed by atoms with E-state index in [1.54, 1.807) is 12.1 Å². The van der Waals surface area contributed by atoms with Crippen LogP contribution in [0.1, 0.15) is 0 Å².